The number of para-hydroxylation sites is 1. The van der Waals surface area contributed by atoms with Crippen LogP contribution in [0.5, 0.6) is 17.2 Å². The Labute approximate surface area is 145 Å². The van der Waals surface area contributed by atoms with Crippen LogP contribution in [0.15, 0.2) is 42.2 Å². The summed E-state index contributed by atoms with van der Waals surface area (Å²) >= 11 is 0. The number of rotatable bonds is 4. The van der Waals surface area contributed by atoms with Gasteiger partial charge in [0.1, 0.15) is 17.2 Å². The lowest BCUT2D eigenvalue weighted by molar-refractivity contribution is -0.134. The average Bonchev–Trinajstić information content (AvgIpc) is 2.91. The van der Waals surface area contributed by atoms with Crippen LogP contribution in [0.25, 0.3) is 6.08 Å². The van der Waals surface area contributed by atoms with Crippen molar-refractivity contribution in [2.24, 2.45) is 0 Å². The molecule has 0 fully saturated rings. The quantitative estimate of drug-likeness (QED) is 0.480. The van der Waals surface area contributed by atoms with Crippen molar-refractivity contribution in [3.63, 3.8) is 0 Å². The molecule has 5 nitrogen and oxygen atoms in total. The molecule has 0 radical (unpaired) electrons. The van der Waals surface area contributed by atoms with E-state index < -0.39 is 0 Å². The zero-order chi connectivity index (χ0) is 18.0. The van der Waals surface area contributed by atoms with Gasteiger partial charge in [0.2, 0.25) is 5.78 Å². The molecule has 0 saturated heterocycles. The summed E-state index contributed by atoms with van der Waals surface area (Å²) in [7, 11) is 1.57. The average molecular weight is 338 g/mol. The summed E-state index contributed by atoms with van der Waals surface area (Å²) in [4.78, 5) is 24.1. The molecule has 0 atom stereocenters. The van der Waals surface area contributed by atoms with Gasteiger partial charge in [0, 0.05) is 18.1 Å². The standard InChI is InChI=1S/C20H18O5/c1-4-18(21)24-14-9-12(2)19-16(11-14)25-17(20(19)22)10-13-7-5-6-8-15(13)23-3/h5-11H,4H2,1-3H3/b17-10-. The van der Waals surface area contributed by atoms with Gasteiger partial charge in [0.05, 0.1) is 12.7 Å². The summed E-state index contributed by atoms with van der Waals surface area (Å²) in [5.74, 6) is 1.08. The number of methoxy groups -OCH3 is 1. The van der Waals surface area contributed by atoms with Crippen LogP contribution in [-0.4, -0.2) is 18.9 Å². The molecule has 128 valence electrons. The lowest BCUT2D eigenvalue weighted by Gasteiger charge is -2.06. The molecule has 2 aromatic rings. The number of benzene rings is 2. The van der Waals surface area contributed by atoms with Gasteiger partial charge in [-0.05, 0) is 30.7 Å². The SMILES string of the molecule is CCC(=O)Oc1cc(C)c2c(c1)O/C(=C\c1ccccc1OC)C2=O. The Balaban J connectivity index is 1.97. The number of ketones is 1. The molecule has 0 unspecified atom stereocenters. The molecule has 0 aliphatic carbocycles. The third kappa shape index (κ3) is 3.26. The smallest absolute Gasteiger partial charge is 0.310 e. The van der Waals surface area contributed by atoms with Gasteiger partial charge in [-0.25, -0.2) is 0 Å². The van der Waals surface area contributed by atoms with E-state index in [1.54, 1.807) is 39.2 Å². The highest BCUT2D eigenvalue weighted by molar-refractivity contribution is 6.15. The molecule has 0 N–H and O–H groups in total. The highest BCUT2D eigenvalue weighted by Crippen LogP contribution is 2.38. The molecular weight excluding hydrogens is 320 g/mol. The van der Waals surface area contributed by atoms with Gasteiger partial charge in [0.15, 0.2) is 5.76 Å². The lowest BCUT2D eigenvalue weighted by Crippen LogP contribution is -2.06. The molecular formula is C20H18O5. The number of hydrogen-bond acceptors (Lipinski definition) is 5. The Bertz CT molecular complexity index is 880. The Hall–Kier alpha value is -3.08. The van der Waals surface area contributed by atoms with Crippen molar-refractivity contribution >= 4 is 17.8 Å². The highest BCUT2D eigenvalue weighted by atomic mass is 16.5. The highest BCUT2D eigenvalue weighted by Gasteiger charge is 2.30. The Kier molecular flexibility index (Phi) is 4.57. The van der Waals surface area contributed by atoms with Crippen molar-refractivity contribution in [3.05, 3.63) is 58.8 Å². The number of hydrogen-bond donors (Lipinski definition) is 0. The van der Waals surface area contributed by atoms with Crippen molar-refractivity contribution < 1.29 is 23.8 Å². The molecule has 1 aliphatic rings. The van der Waals surface area contributed by atoms with Gasteiger partial charge in [-0.2, -0.15) is 0 Å². The maximum Gasteiger partial charge on any atom is 0.310 e. The summed E-state index contributed by atoms with van der Waals surface area (Å²) in [6.45, 7) is 3.51. The van der Waals surface area contributed by atoms with E-state index in [0.717, 1.165) is 5.56 Å². The maximum atomic E-state index is 12.7. The fourth-order valence-corrected chi connectivity index (χ4v) is 2.67. The Morgan fingerprint density at radius 1 is 1.24 bits per heavy atom. The van der Waals surface area contributed by atoms with Gasteiger partial charge in [-0.1, -0.05) is 25.1 Å². The first-order chi connectivity index (χ1) is 12.0. The zero-order valence-corrected chi connectivity index (χ0v) is 14.3. The minimum absolute atomic E-state index is 0.202. The van der Waals surface area contributed by atoms with E-state index in [9.17, 15) is 9.59 Å². The molecule has 0 bridgehead atoms. The van der Waals surface area contributed by atoms with Crippen LogP contribution in [0.2, 0.25) is 0 Å². The molecule has 5 heteroatoms. The third-order valence-electron chi connectivity index (χ3n) is 3.89. The van der Waals surface area contributed by atoms with E-state index in [2.05, 4.69) is 0 Å². The number of Topliss-reactive ketones (excluding diaryl/α,β-unsaturated/α-hetero) is 1. The van der Waals surface area contributed by atoms with Crippen LogP contribution in [-0.2, 0) is 4.79 Å². The van der Waals surface area contributed by atoms with E-state index in [-0.39, 0.29) is 23.9 Å². The topological polar surface area (TPSA) is 61.8 Å². The van der Waals surface area contributed by atoms with Gasteiger partial charge >= 0.3 is 5.97 Å². The second kappa shape index (κ2) is 6.81. The fraction of sp³-hybridized carbons (Fsp3) is 0.200. The molecule has 2 aromatic carbocycles. The fourth-order valence-electron chi connectivity index (χ4n) is 2.67. The summed E-state index contributed by atoms with van der Waals surface area (Å²) in [6.07, 6.45) is 1.92. The second-order valence-electron chi connectivity index (χ2n) is 5.62. The van der Waals surface area contributed by atoms with E-state index in [4.69, 9.17) is 14.2 Å². The number of carbonyl (C=O) groups is 2. The number of aryl methyl sites for hydroxylation is 1. The predicted molar refractivity (Wildman–Crippen MR) is 93.0 cm³/mol. The molecule has 25 heavy (non-hydrogen) atoms. The minimum atomic E-state index is -0.339. The van der Waals surface area contributed by atoms with Gasteiger partial charge in [-0.15, -0.1) is 0 Å². The van der Waals surface area contributed by atoms with Crippen LogP contribution in [0, 0.1) is 6.92 Å². The number of ether oxygens (including phenoxy) is 3. The van der Waals surface area contributed by atoms with Crippen molar-refractivity contribution in [1.82, 2.24) is 0 Å². The minimum Gasteiger partial charge on any atom is -0.496 e. The number of fused-ring (bicyclic) bond motifs is 1. The summed E-state index contributed by atoms with van der Waals surface area (Å²) in [5.41, 5.74) is 1.93. The Morgan fingerprint density at radius 2 is 2.00 bits per heavy atom. The molecule has 1 heterocycles. The van der Waals surface area contributed by atoms with Gasteiger partial charge in [0.25, 0.3) is 0 Å². The first-order valence-corrected chi connectivity index (χ1v) is 7.96. The summed E-state index contributed by atoms with van der Waals surface area (Å²) < 4.78 is 16.2. The van der Waals surface area contributed by atoms with Crippen LogP contribution in [0.4, 0.5) is 0 Å². The normalized spacial score (nSPS) is 14.2. The molecule has 0 spiro atoms. The molecule has 0 saturated carbocycles. The summed E-state index contributed by atoms with van der Waals surface area (Å²) in [5, 5.41) is 0. The third-order valence-corrected chi connectivity index (χ3v) is 3.89. The van der Waals surface area contributed by atoms with Crippen LogP contribution in [0.3, 0.4) is 0 Å². The lowest BCUT2D eigenvalue weighted by atomic mass is 10.0. The predicted octanol–water partition coefficient (Wildman–Crippen LogP) is 3.94. The van der Waals surface area contributed by atoms with E-state index >= 15 is 0 Å². The molecule has 0 aromatic heterocycles. The number of carbonyl (C=O) groups excluding carboxylic acids is 2. The number of allylic oxidation sites excluding steroid dienone is 1. The van der Waals surface area contributed by atoms with E-state index in [1.807, 2.05) is 24.3 Å². The largest absolute Gasteiger partial charge is 0.496 e. The van der Waals surface area contributed by atoms with Crippen LogP contribution < -0.4 is 14.2 Å². The molecule has 3 rings (SSSR count). The van der Waals surface area contributed by atoms with Crippen LogP contribution in [0.1, 0.15) is 34.8 Å². The molecule has 0 amide bonds. The van der Waals surface area contributed by atoms with Crippen molar-refractivity contribution in [3.8, 4) is 17.2 Å². The summed E-state index contributed by atoms with van der Waals surface area (Å²) in [6, 6.07) is 10.6. The Morgan fingerprint density at radius 3 is 2.72 bits per heavy atom. The van der Waals surface area contributed by atoms with E-state index in [0.29, 0.717) is 28.4 Å². The second-order valence-corrected chi connectivity index (χ2v) is 5.62. The first kappa shape index (κ1) is 16.8. The number of esters is 1. The van der Waals surface area contributed by atoms with Gasteiger partial charge < -0.3 is 14.2 Å². The van der Waals surface area contributed by atoms with Crippen molar-refractivity contribution in [2.75, 3.05) is 7.11 Å². The van der Waals surface area contributed by atoms with E-state index in [1.165, 1.54) is 0 Å². The van der Waals surface area contributed by atoms with Crippen molar-refractivity contribution in [1.29, 1.82) is 0 Å². The molecule has 1 aliphatic heterocycles. The van der Waals surface area contributed by atoms with Gasteiger partial charge in [-0.3, -0.25) is 9.59 Å². The maximum absolute atomic E-state index is 12.7. The monoisotopic (exact) mass is 338 g/mol. The zero-order valence-electron chi connectivity index (χ0n) is 14.3. The first-order valence-electron chi connectivity index (χ1n) is 7.96. The van der Waals surface area contributed by atoms with Crippen molar-refractivity contribution in [2.45, 2.75) is 20.3 Å². The van der Waals surface area contributed by atoms with Crippen LogP contribution >= 0.6 is 0 Å².